The fourth-order valence-corrected chi connectivity index (χ4v) is 3.39. The van der Waals surface area contributed by atoms with Crippen LogP contribution in [-0.2, 0) is 13.6 Å². The maximum Gasteiger partial charge on any atom is 0.131 e. The van der Waals surface area contributed by atoms with E-state index >= 15 is 0 Å². The molecule has 0 radical (unpaired) electrons. The molecule has 1 heterocycles. The molecule has 0 saturated heterocycles. The van der Waals surface area contributed by atoms with Crippen LogP contribution < -0.4 is 10.2 Å². The zero-order valence-electron chi connectivity index (χ0n) is 14.7. The van der Waals surface area contributed by atoms with E-state index in [1.807, 2.05) is 4.68 Å². The highest BCUT2D eigenvalue weighted by atomic mass is 15.4. The Morgan fingerprint density at radius 3 is 2.48 bits per heavy atom. The number of nitrogens with zero attached hydrogens (tertiary/aromatic N) is 3. The van der Waals surface area contributed by atoms with Gasteiger partial charge in [-0.25, -0.2) is 0 Å². The molecule has 120 valence electrons. The van der Waals surface area contributed by atoms with Gasteiger partial charge in [0.1, 0.15) is 5.82 Å². The molecule has 1 aliphatic rings. The Bertz CT molecular complexity index is 464. The summed E-state index contributed by atoms with van der Waals surface area (Å²) in [6, 6.07) is 0. The number of hydrogen-bond acceptors (Lipinski definition) is 3. The lowest BCUT2D eigenvalue weighted by atomic mass is 10.1. The predicted molar refractivity (Wildman–Crippen MR) is 89.8 cm³/mol. The van der Waals surface area contributed by atoms with Crippen LogP contribution in [0.2, 0.25) is 0 Å². The molecule has 0 aromatic carbocycles. The SMILES string of the molecule is Cc1nn(C)c(N(C)CC2CCCC2)c1CNC(C)(C)C. The summed E-state index contributed by atoms with van der Waals surface area (Å²) in [7, 11) is 4.28. The quantitative estimate of drug-likeness (QED) is 0.904. The first-order valence-electron chi connectivity index (χ1n) is 8.26. The molecule has 0 unspecified atom stereocenters. The van der Waals surface area contributed by atoms with E-state index in [9.17, 15) is 0 Å². The standard InChI is InChI=1S/C17H32N4/c1-13-15(11-18-17(2,3)4)16(21(6)19-13)20(5)12-14-9-7-8-10-14/h14,18H,7-12H2,1-6H3. The molecule has 0 amide bonds. The Morgan fingerprint density at radius 1 is 1.29 bits per heavy atom. The van der Waals surface area contributed by atoms with E-state index in [0.29, 0.717) is 0 Å². The first kappa shape index (κ1) is 16.3. The van der Waals surface area contributed by atoms with Gasteiger partial charge in [-0.2, -0.15) is 5.10 Å². The molecule has 0 spiro atoms. The van der Waals surface area contributed by atoms with Gasteiger partial charge >= 0.3 is 0 Å². The van der Waals surface area contributed by atoms with Gasteiger partial charge in [-0.15, -0.1) is 0 Å². The molecule has 1 N–H and O–H groups in total. The Morgan fingerprint density at radius 2 is 1.90 bits per heavy atom. The van der Waals surface area contributed by atoms with Crippen LogP contribution in [0.3, 0.4) is 0 Å². The summed E-state index contributed by atoms with van der Waals surface area (Å²) in [6.45, 7) is 10.8. The molecule has 1 fully saturated rings. The third kappa shape index (κ3) is 4.22. The van der Waals surface area contributed by atoms with Gasteiger partial charge in [-0.3, -0.25) is 4.68 Å². The highest BCUT2D eigenvalue weighted by Crippen LogP contribution is 2.29. The van der Waals surface area contributed by atoms with Crippen LogP contribution in [0.15, 0.2) is 0 Å². The van der Waals surface area contributed by atoms with Crippen molar-refractivity contribution in [2.24, 2.45) is 13.0 Å². The van der Waals surface area contributed by atoms with Gasteiger partial charge in [0.2, 0.25) is 0 Å². The molecular formula is C17H32N4. The number of anilines is 1. The van der Waals surface area contributed by atoms with Crippen LogP contribution >= 0.6 is 0 Å². The lowest BCUT2D eigenvalue weighted by Gasteiger charge is -2.26. The first-order chi connectivity index (χ1) is 9.78. The minimum atomic E-state index is 0.129. The first-order valence-corrected chi connectivity index (χ1v) is 8.26. The molecule has 1 aromatic heterocycles. The number of nitrogens with one attached hydrogen (secondary N) is 1. The monoisotopic (exact) mass is 292 g/mol. The van der Waals surface area contributed by atoms with Crippen molar-refractivity contribution in [3.63, 3.8) is 0 Å². The van der Waals surface area contributed by atoms with Crippen LogP contribution in [0.4, 0.5) is 5.82 Å². The average molecular weight is 292 g/mol. The van der Waals surface area contributed by atoms with Gasteiger partial charge in [0.05, 0.1) is 5.69 Å². The van der Waals surface area contributed by atoms with E-state index in [-0.39, 0.29) is 5.54 Å². The minimum absolute atomic E-state index is 0.129. The topological polar surface area (TPSA) is 33.1 Å². The highest BCUT2D eigenvalue weighted by molar-refractivity contribution is 5.49. The number of aromatic nitrogens is 2. The molecule has 4 heteroatoms. The molecule has 21 heavy (non-hydrogen) atoms. The van der Waals surface area contributed by atoms with Crippen LogP contribution in [-0.4, -0.2) is 28.9 Å². The van der Waals surface area contributed by atoms with Crippen molar-refractivity contribution in [3.05, 3.63) is 11.3 Å². The second-order valence-electron chi connectivity index (χ2n) is 7.65. The number of rotatable bonds is 5. The van der Waals surface area contributed by atoms with E-state index in [2.05, 4.69) is 57.1 Å². The van der Waals surface area contributed by atoms with Gasteiger partial charge < -0.3 is 10.2 Å². The summed E-state index contributed by atoms with van der Waals surface area (Å²) >= 11 is 0. The predicted octanol–water partition coefficient (Wildman–Crippen LogP) is 3.24. The number of aryl methyl sites for hydroxylation is 2. The van der Waals surface area contributed by atoms with Gasteiger partial charge in [-0.1, -0.05) is 12.8 Å². The summed E-state index contributed by atoms with van der Waals surface area (Å²) in [5, 5.41) is 8.24. The van der Waals surface area contributed by atoms with Gasteiger partial charge in [0, 0.05) is 38.3 Å². The molecule has 0 atom stereocenters. The fraction of sp³-hybridized carbons (Fsp3) is 0.824. The number of hydrogen-bond donors (Lipinski definition) is 1. The van der Waals surface area contributed by atoms with Gasteiger partial charge in [-0.05, 0) is 46.5 Å². The highest BCUT2D eigenvalue weighted by Gasteiger charge is 2.22. The Labute approximate surface area is 129 Å². The fourth-order valence-electron chi connectivity index (χ4n) is 3.39. The van der Waals surface area contributed by atoms with E-state index in [1.165, 1.54) is 37.1 Å². The van der Waals surface area contributed by atoms with Crippen LogP contribution in [0.1, 0.15) is 57.7 Å². The summed E-state index contributed by atoms with van der Waals surface area (Å²) in [5.41, 5.74) is 2.61. The molecule has 1 aromatic rings. The van der Waals surface area contributed by atoms with Crippen LogP contribution in [0.25, 0.3) is 0 Å². The van der Waals surface area contributed by atoms with Crippen LogP contribution in [0, 0.1) is 12.8 Å². The molecule has 0 aliphatic heterocycles. The Hall–Kier alpha value is -1.03. The Kier molecular flexibility index (Phi) is 4.97. The zero-order valence-corrected chi connectivity index (χ0v) is 14.7. The van der Waals surface area contributed by atoms with Crippen molar-refractivity contribution in [3.8, 4) is 0 Å². The van der Waals surface area contributed by atoms with Crippen molar-refractivity contribution >= 4 is 5.82 Å². The maximum atomic E-state index is 4.64. The van der Waals surface area contributed by atoms with E-state index in [1.54, 1.807) is 0 Å². The minimum Gasteiger partial charge on any atom is -0.359 e. The summed E-state index contributed by atoms with van der Waals surface area (Å²) < 4.78 is 2.05. The van der Waals surface area contributed by atoms with Crippen molar-refractivity contribution in [2.45, 2.75) is 65.5 Å². The normalized spacial score (nSPS) is 16.7. The lowest BCUT2D eigenvalue weighted by Crippen LogP contribution is -2.36. The maximum absolute atomic E-state index is 4.64. The molecule has 1 saturated carbocycles. The smallest absolute Gasteiger partial charge is 0.131 e. The molecule has 1 aliphatic carbocycles. The molecule has 2 rings (SSSR count). The summed E-state index contributed by atoms with van der Waals surface area (Å²) in [6.07, 6.45) is 5.58. The molecule has 0 bridgehead atoms. The van der Waals surface area contributed by atoms with E-state index in [4.69, 9.17) is 0 Å². The van der Waals surface area contributed by atoms with Crippen molar-refractivity contribution in [2.75, 3.05) is 18.5 Å². The van der Waals surface area contributed by atoms with Crippen molar-refractivity contribution in [1.82, 2.24) is 15.1 Å². The second kappa shape index (κ2) is 6.39. The molecular weight excluding hydrogens is 260 g/mol. The van der Waals surface area contributed by atoms with Gasteiger partial charge in [0.15, 0.2) is 0 Å². The lowest BCUT2D eigenvalue weighted by molar-refractivity contribution is 0.423. The van der Waals surface area contributed by atoms with E-state index in [0.717, 1.165) is 24.7 Å². The van der Waals surface area contributed by atoms with E-state index < -0.39 is 0 Å². The third-order valence-electron chi connectivity index (χ3n) is 4.48. The van der Waals surface area contributed by atoms with Crippen molar-refractivity contribution in [1.29, 1.82) is 0 Å². The molecule has 4 nitrogen and oxygen atoms in total. The summed E-state index contributed by atoms with van der Waals surface area (Å²) in [4.78, 5) is 2.41. The average Bonchev–Trinajstić information content (AvgIpc) is 2.93. The zero-order chi connectivity index (χ0) is 15.6. The second-order valence-corrected chi connectivity index (χ2v) is 7.65. The van der Waals surface area contributed by atoms with Crippen molar-refractivity contribution < 1.29 is 0 Å². The van der Waals surface area contributed by atoms with Crippen LogP contribution in [0.5, 0.6) is 0 Å². The largest absolute Gasteiger partial charge is 0.359 e. The third-order valence-corrected chi connectivity index (χ3v) is 4.48. The Balaban J connectivity index is 2.13. The van der Waals surface area contributed by atoms with Gasteiger partial charge in [0.25, 0.3) is 0 Å². The summed E-state index contributed by atoms with van der Waals surface area (Å²) in [5.74, 6) is 2.13.